The van der Waals surface area contributed by atoms with Gasteiger partial charge in [-0.3, -0.25) is 4.55 Å². The van der Waals surface area contributed by atoms with E-state index in [1.165, 1.54) is 5.57 Å². The highest BCUT2D eigenvalue weighted by Crippen LogP contribution is 2.60. The summed E-state index contributed by atoms with van der Waals surface area (Å²) in [6.45, 7) is 0. The predicted molar refractivity (Wildman–Crippen MR) is 137 cm³/mol. The van der Waals surface area contributed by atoms with Crippen LogP contribution in [-0.4, -0.2) is 29.4 Å². The maximum absolute atomic E-state index is 15.2. The zero-order chi connectivity index (χ0) is 27.8. The smallest absolute Gasteiger partial charge is 0.281 e. The number of allylic oxidation sites excluding steroid dienone is 4. The van der Waals surface area contributed by atoms with Crippen molar-refractivity contribution in [1.82, 2.24) is 0 Å². The first kappa shape index (κ1) is 30.3. The Morgan fingerprint density at radius 1 is 0.737 bits per heavy atom. The zero-order valence-corrected chi connectivity index (χ0v) is 23.2. The van der Waals surface area contributed by atoms with Crippen LogP contribution in [0.15, 0.2) is 22.1 Å². The van der Waals surface area contributed by atoms with Crippen molar-refractivity contribution >= 4 is 21.9 Å². The minimum Gasteiger partial charge on any atom is -0.281 e. The molecule has 0 heterocycles. The van der Waals surface area contributed by atoms with Crippen molar-refractivity contribution in [2.24, 2.45) is 23.7 Å². The van der Waals surface area contributed by atoms with E-state index >= 15 is 8.78 Å². The molecule has 218 valence electrons. The molecule has 4 aliphatic carbocycles. The summed E-state index contributed by atoms with van der Waals surface area (Å²) >= 11 is -0.579. The minimum absolute atomic E-state index is 0.0244. The summed E-state index contributed by atoms with van der Waals surface area (Å²) in [7, 11) is -6.78. The van der Waals surface area contributed by atoms with Crippen LogP contribution in [-0.2, 0) is 10.1 Å². The highest BCUT2D eigenvalue weighted by atomic mass is 32.2. The summed E-state index contributed by atoms with van der Waals surface area (Å²) in [6, 6.07) is 0. The van der Waals surface area contributed by atoms with Gasteiger partial charge in [0.2, 0.25) is 0 Å². The predicted octanol–water partition coefficient (Wildman–Crippen LogP) is 9.37. The zero-order valence-electron chi connectivity index (χ0n) is 21.5. The second-order valence-electron chi connectivity index (χ2n) is 11.6. The lowest BCUT2D eigenvalue weighted by atomic mass is 9.68. The molecule has 1 unspecified atom stereocenters. The number of hydrogen-bond donors (Lipinski definition) is 1. The lowest BCUT2D eigenvalue weighted by molar-refractivity contribution is -0.242. The summed E-state index contributed by atoms with van der Waals surface area (Å²) < 4.78 is 119. The number of alkyl halides is 6. The normalized spacial score (nSPS) is 26.5. The Kier molecular flexibility index (Phi) is 9.30. The fraction of sp³-hybridized carbons (Fsp3) is 0.852. The topological polar surface area (TPSA) is 54.4 Å². The molecule has 0 amide bonds. The molecular weight excluding hydrogens is 550 g/mol. The summed E-state index contributed by atoms with van der Waals surface area (Å²) in [5.41, 5.74) is 1.74. The fourth-order valence-electron chi connectivity index (χ4n) is 6.97. The molecule has 3 nitrogen and oxygen atoms in total. The van der Waals surface area contributed by atoms with Crippen molar-refractivity contribution in [2.75, 3.05) is 0 Å². The number of halogens is 6. The van der Waals surface area contributed by atoms with E-state index in [0.29, 0.717) is 30.8 Å². The Bertz CT molecular complexity index is 1010. The first-order valence-electron chi connectivity index (χ1n) is 14.0. The molecule has 3 saturated carbocycles. The highest BCUT2D eigenvalue weighted by Gasteiger charge is 2.78. The van der Waals surface area contributed by atoms with Crippen LogP contribution in [0.2, 0.25) is 0 Å². The van der Waals surface area contributed by atoms with Crippen LogP contribution in [0.25, 0.3) is 0 Å². The quantitative estimate of drug-likeness (QED) is 0.227. The molecule has 0 aromatic carbocycles. The molecule has 1 N–H and O–H groups in total. The maximum Gasteiger partial charge on any atom is 0.438 e. The molecule has 0 radical (unpaired) electrons. The van der Waals surface area contributed by atoms with E-state index in [-0.39, 0.29) is 16.7 Å². The Balaban J connectivity index is 1.81. The van der Waals surface area contributed by atoms with Crippen LogP contribution >= 0.6 is 11.8 Å². The summed E-state index contributed by atoms with van der Waals surface area (Å²) in [6.07, 6.45) is 16.2. The van der Waals surface area contributed by atoms with Crippen molar-refractivity contribution in [3.05, 3.63) is 22.1 Å². The average Bonchev–Trinajstić information content (AvgIpc) is 2.89. The maximum atomic E-state index is 15.2. The van der Waals surface area contributed by atoms with E-state index in [1.54, 1.807) is 0 Å². The van der Waals surface area contributed by atoms with Gasteiger partial charge in [-0.05, 0) is 90.9 Å². The van der Waals surface area contributed by atoms with E-state index in [1.807, 2.05) is 6.08 Å². The molecule has 1 atom stereocenters. The Labute approximate surface area is 226 Å². The SMILES string of the molecule is O=S(=O)(O)C(F)(F)C(F)(F)C(F)(F)SC1=C(C2CCCCC2)C=C(C2CCCCC2)CC1C1CCCCC1. The summed E-state index contributed by atoms with van der Waals surface area (Å²) in [5.74, 6) is -6.63. The number of rotatable bonds is 8. The molecule has 4 rings (SSSR count). The van der Waals surface area contributed by atoms with Crippen LogP contribution in [0.3, 0.4) is 0 Å². The Morgan fingerprint density at radius 3 is 1.71 bits per heavy atom. The summed E-state index contributed by atoms with van der Waals surface area (Å²) in [4.78, 5) is 0.0270. The first-order chi connectivity index (χ1) is 17.8. The first-order valence-corrected chi connectivity index (χ1v) is 16.3. The number of hydrogen-bond acceptors (Lipinski definition) is 3. The van der Waals surface area contributed by atoms with E-state index in [0.717, 1.165) is 83.5 Å². The molecule has 0 saturated heterocycles. The van der Waals surface area contributed by atoms with Gasteiger partial charge in [0.05, 0.1) is 0 Å². The minimum atomic E-state index is -6.78. The van der Waals surface area contributed by atoms with E-state index in [4.69, 9.17) is 4.55 Å². The second-order valence-corrected chi connectivity index (χ2v) is 14.2. The lowest BCUT2D eigenvalue weighted by Gasteiger charge is -2.42. The van der Waals surface area contributed by atoms with Crippen LogP contribution in [0.4, 0.5) is 26.3 Å². The fourth-order valence-corrected chi connectivity index (χ4v) is 8.79. The van der Waals surface area contributed by atoms with Gasteiger partial charge in [0.25, 0.3) is 0 Å². The average molecular weight is 589 g/mol. The Hall–Kier alpha value is -0.680. The largest absolute Gasteiger partial charge is 0.438 e. The molecule has 11 heteroatoms. The number of thioether (sulfide) groups is 1. The summed E-state index contributed by atoms with van der Waals surface area (Å²) in [5, 5.41) is -11.8. The van der Waals surface area contributed by atoms with Gasteiger partial charge < -0.3 is 0 Å². The molecule has 0 aliphatic heterocycles. The van der Waals surface area contributed by atoms with Crippen molar-refractivity contribution in [1.29, 1.82) is 0 Å². The van der Waals surface area contributed by atoms with Gasteiger partial charge in [0.15, 0.2) is 0 Å². The lowest BCUT2D eigenvalue weighted by Crippen LogP contribution is -2.56. The molecule has 0 bridgehead atoms. The molecule has 3 fully saturated rings. The third-order valence-corrected chi connectivity index (χ3v) is 11.3. The van der Waals surface area contributed by atoms with E-state index < -0.39 is 44.2 Å². The van der Waals surface area contributed by atoms with Crippen LogP contribution in [0.5, 0.6) is 0 Å². The molecule has 0 aromatic rings. The van der Waals surface area contributed by atoms with Crippen LogP contribution < -0.4 is 0 Å². The molecule has 38 heavy (non-hydrogen) atoms. The van der Waals surface area contributed by atoms with Crippen molar-refractivity contribution < 1.29 is 39.3 Å². The van der Waals surface area contributed by atoms with E-state index in [2.05, 4.69) is 0 Å². The van der Waals surface area contributed by atoms with Crippen LogP contribution in [0.1, 0.15) is 103 Å². The van der Waals surface area contributed by atoms with Crippen molar-refractivity contribution in [3.8, 4) is 0 Å². The van der Waals surface area contributed by atoms with Gasteiger partial charge in [-0.15, -0.1) is 0 Å². The van der Waals surface area contributed by atoms with Gasteiger partial charge in [-0.25, -0.2) is 0 Å². The van der Waals surface area contributed by atoms with Gasteiger partial charge in [-0.1, -0.05) is 69.4 Å². The molecule has 4 aliphatic rings. The third-order valence-electron chi connectivity index (χ3n) is 9.10. The molecule has 0 spiro atoms. The molecule has 0 aromatic heterocycles. The second kappa shape index (κ2) is 11.7. The van der Waals surface area contributed by atoms with Crippen molar-refractivity contribution in [3.63, 3.8) is 0 Å². The third kappa shape index (κ3) is 5.99. The highest BCUT2D eigenvalue weighted by molar-refractivity contribution is 8.04. The van der Waals surface area contributed by atoms with Gasteiger partial charge in [-0.2, -0.15) is 34.8 Å². The standard InChI is InChI=1S/C27H38F6O3S2/c28-25(29,27(32,33)38(34,35)36)26(30,31)37-24-22(19-12-6-2-7-13-19)16-21(18-10-4-1-5-11-18)17-23(24)20-14-8-3-9-15-20/h16,18-20,23H,1-15,17H2,(H,34,35,36). The molecular formula is C27H38F6O3S2. The van der Waals surface area contributed by atoms with Gasteiger partial charge in [0, 0.05) is 0 Å². The van der Waals surface area contributed by atoms with Gasteiger partial charge >= 0.3 is 26.5 Å². The Morgan fingerprint density at radius 2 is 1.21 bits per heavy atom. The van der Waals surface area contributed by atoms with E-state index in [9.17, 15) is 26.0 Å². The monoisotopic (exact) mass is 588 g/mol. The van der Waals surface area contributed by atoms with Crippen molar-refractivity contribution in [2.45, 2.75) is 119 Å². The van der Waals surface area contributed by atoms with Gasteiger partial charge in [0.1, 0.15) is 0 Å². The van der Waals surface area contributed by atoms with Crippen LogP contribution in [0, 0.1) is 23.7 Å².